The van der Waals surface area contributed by atoms with E-state index in [4.69, 9.17) is 0 Å². The highest BCUT2D eigenvalue weighted by atomic mass is 15.1. The van der Waals surface area contributed by atoms with Crippen LogP contribution in [0.15, 0.2) is 84.9 Å². The van der Waals surface area contributed by atoms with Crippen LogP contribution in [0.5, 0.6) is 0 Å². The van der Waals surface area contributed by atoms with Gasteiger partial charge in [-0.3, -0.25) is 4.90 Å². The van der Waals surface area contributed by atoms with Crippen LogP contribution in [0, 0.1) is 0 Å². The van der Waals surface area contributed by atoms with Crippen molar-refractivity contribution in [1.82, 2.24) is 4.90 Å². The third-order valence-corrected chi connectivity index (χ3v) is 7.06. The number of hydrogen-bond donors (Lipinski definition) is 1. The number of rotatable bonds is 4. The van der Waals surface area contributed by atoms with E-state index >= 15 is 0 Å². The minimum Gasteiger partial charge on any atom is -0.382 e. The maximum Gasteiger partial charge on any atom is 0.0456 e. The highest BCUT2D eigenvalue weighted by Gasteiger charge is 2.38. The molecule has 2 nitrogen and oxygen atoms in total. The number of nitrogens with one attached hydrogen (secondary N) is 1. The zero-order chi connectivity index (χ0) is 20.6. The second kappa shape index (κ2) is 7.77. The molecule has 1 fully saturated rings. The summed E-state index contributed by atoms with van der Waals surface area (Å²) in [6.45, 7) is 0. The number of anilines is 1. The Balaban J connectivity index is 1.34. The van der Waals surface area contributed by atoms with Crippen molar-refractivity contribution >= 4 is 27.2 Å². The fourth-order valence-corrected chi connectivity index (χ4v) is 5.25. The van der Waals surface area contributed by atoms with Crippen LogP contribution in [0.3, 0.4) is 0 Å². The molecule has 1 N–H and O–H groups in total. The Hall–Kier alpha value is -2.84. The Morgan fingerprint density at radius 2 is 1.30 bits per heavy atom. The lowest BCUT2D eigenvalue weighted by atomic mass is 9.74. The van der Waals surface area contributed by atoms with E-state index in [1.54, 1.807) is 0 Å². The molecular formula is C28H30N2. The van der Waals surface area contributed by atoms with E-state index in [0.29, 0.717) is 6.04 Å². The van der Waals surface area contributed by atoms with E-state index in [9.17, 15) is 0 Å². The maximum absolute atomic E-state index is 3.83. The van der Waals surface area contributed by atoms with Gasteiger partial charge in [-0.05, 0) is 91.2 Å². The molecular weight excluding hydrogens is 364 g/mol. The van der Waals surface area contributed by atoms with Gasteiger partial charge in [-0.25, -0.2) is 0 Å². The topological polar surface area (TPSA) is 15.3 Å². The van der Waals surface area contributed by atoms with Crippen LogP contribution in [-0.4, -0.2) is 25.0 Å². The van der Waals surface area contributed by atoms with Gasteiger partial charge in [-0.1, -0.05) is 60.7 Å². The van der Waals surface area contributed by atoms with Crippen molar-refractivity contribution in [2.45, 2.75) is 37.3 Å². The summed E-state index contributed by atoms with van der Waals surface area (Å²) in [6.07, 6.45) is 4.73. The van der Waals surface area contributed by atoms with E-state index in [0.717, 1.165) is 0 Å². The minimum atomic E-state index is 0.155. The SMILES string of the molecule is CN(C)C1(c2ccccc2)CCC(Nc2ccc3cc4ccccc4cc3c2)CC1. The van der Waals surface area contributed by atoms with Crippen molar-refractivity contribution in [3.8, 4) is 0 Å². The lowest BCUT2D eigenvalue weighted by molar-refractivity contribution is 0.0945. The molecule has 0 heterocycles. The van der Waals surface area contributed by atoms with Gasteiger partial charge >= 0.3 is 0 Å². The largest absolute Gasteiger partial charge is 0.382 e. The van der Waals surface area contributed by atoms with E-state index in [1.807, 2.05) is 0 Å². The van der Waals surface area contributed by atoms with Crippen LogP contribution >= 0.6 is 0 Å². The summed E-state index contributed by atoms with van der Waals surface area (Å²) in [5.41, 5.74) is 2.84. The summed E-state index contributed by atoms with van der Waals surface area (Å²) < 4.78 is 0. The molecule has 0 aromatic heterocycles. The van der Waals surface area contributed by atoms with Crippen molar-refractivity contribution in [1.29, 1.82) is 0 Å². The molecule has 0 spiro atoms. The van der Waals surface area contributed by atoms with Gasteiger partial charge in [0.1, 0.15) is 0 Å². The highest BCUT2D eigenvalue weighted by molar-refractivity contribution is 5.99. The molecule has 0 atom stereocenters. The quantitative estimate of drug-likeness (QED) is 0.383. The second-order valence-electron chi connectivity index (χ2n) is 8.97. The number of fused-ring (bicyclic) bond motifs is 2. The smallest absolute Gasteiger partial charge is 0.0456 e. The molecule has 0 saturated heterocycles. The molecule has 152 valence electrons. The summed E-state index contributed by atoms with van der Waals surface area (Å²) in [6, 6.07) is 31.6. The van der Waals surface area contributed by atoms with Gasteiger partial charge in [0.2, 0.25) is 0 Å². The average molecular weight is 395 g/mol. The van der Waals surface area contributed by atoms with Gasteiger partial charge in [0.05, 0.1) is 0 Å². The van der Waals surface area contributed by atoms with Crippen LogP contribution < -0.4 is 5.32 Å². The van der Waals surface area contributed by atoms with E-state index in [1.165, 1.54) is 58.5 Å². The van der Waals surface area contributed by atoms with Crippen LogP contribution in [0.1, 0.15) is 31.2 Å². The predicted molar refractivity (Wildman–Crippen MR) is 129 cm³/mol. The van der Waals surface area contributed by atoms with Crippen molar-refractivity contribution in [3.05, 3.63) is 90.5 Å². The number of hydrogen-bond acceptors (Lipinski definition) is 2. The third kappa shape index (κ3) is 3.46. The van der Waals surface area contributed by atoms with Crippen molar-refractivity contribution in [3.63, 3.8) is 0 Å². The highest BCUT2D eigenvalue weighted by Crippen LogP contribution is 2.41. The molecule has 0 aliphatic heterocycles. The fraction of sp³-hybridized carbons (Fsp3) is 0.286. The molecule has 1 aliphatic carbocycles. The molecule has 30 heavy (non-hydrogen) atoms. The van der Waals surface area contributed by atoms with Crippen LogP contribution in [0.4, 0.5) is 5.69 Å². The summed E-state index contributed by atoms with van der Waals surface area (Å²) in [5.74, 6) is 0. The Kier molecular flexibility index (Phi) is 4.96. The summed E-state index contributed by atoms with van der Waals surface area (Å²) in [4.78, 5) is 2.43. The molecule has 1 aliphatic rings. The first-order valence-corrected chi connectivity index (χ1v) is 11.1. The zero-order valence-corrected chi connectivity index (χ0v) is 17.9. The number of nitrogens with zero attached hydrogens (tertiary/aromatic N) is 1. The van der Waals surface area contributed by atoms with Gasteiger partial charge in [0.15, 0.2) is 0 Å². The normalized spacial score (nSPS) is 21.9. The maximum atomic E-state index is 3.83. The third-order valence-electron chi connectivity index (χ3n) is 7.06. The first kappa shape index (κ1) is 19.1. The first-order valence-electron chi connectivity index (χ1n) is 11.1. The molecule has 5 rings (SSSR count). The lowest BCUT2D eigenvalue weighted by Crippen LogP contribution is -2.46. The summed E-state index contributed by atoms with van der Waals surface area (Å²) >= 11 is 0. The van der Waals surface area contributed by atoms with Crippen LogP contribution in [0.2, 0.25) is 0 Å². The predicted octanol–water partition coefficient (Wildman–Crippen LogP) is 6.80. The number of benzene rings is 4. The minimum absolute atomic E-state index is 0.155. The first-order chi connectivity index (χ1) is 14.6. The average Bonchev–Trinajstić information content (AvgIpc) is 2.79. The molecule has 2 heteroatoms. The monoisotopic (exact) mass is 394 g/mol. The molecule has 4 aromatic carbocycles. The van der Waals surface area contributed by atoms with Gasteiger partial charge < -0.3 is 5.32 Å². The Morgan fingerprint density at radius 1 is 0.700 bits per heavy atom. The van der Waals surface area contributed by atoms with Crippen LogP contribution in [0.25, 0.3) is 21.5 Å². The molecule has 0 amide bonds. The van der Waals surface area contributed by atoms with Gasteiger partial charge in [0, 0.05) is 17.3 Å². The fourth-order valence-electron chi connectivity index (χ4n) is 5.25. The molecule has 0 unspecified atom stereocenters. The summed E-state index contributed by atoms with van der Waals surface area (Å²) in [5, 5.41) is 9.05. The Morgan fingerprint density at radius 3 is 1.97 bits per heavy atom. The lowest BCUT2D eigenvalue weighted by Gasteiger charge is -2.46. The standard InChI is InChI=1S/C28H30N2/c1-30(2)28(25-10-4-3-5-11-25)16-14-26(15-17-28)29-27-13-12-23-18-21-8-6-7-9-22(21)19-24(23)20-27/h3-13,18-20,26,29H,14-17H2,1-2H3. The van der Waals surface area contributed by atoms with Crippen molar-refractivity contribution in [2.75, 3.05) is 19.4 Å². The van der Waals surface area contributed by atoms with Gasteiger partial charge in [0.25, 0.3) is 0 Å². The van der Waals surface area contributed by atoms with E-state index < -0.39 is 0 Å². The second-order valence-corrected chi connectivity index (χ2v) is 8.97. The molecule has 4 aromatic rings. The van der Waals surface area contributed by atoms with Crippen LogP contribution in [-0.2, 0) is 5.54 Å². The molecule has 0 bridgehead atoms. The summed E-state index contributed by atoms with van der Waals surface area (Å²) in [7, 11) is 4.46. The van der Waals surface area contributed by atoms with E-state index in [2.05, 4.69) is 109 Å². The van der Waals surface area contributed by atoms with E-state index in [-0.39, 0.29) is 5.54 Å². The van der Waals surface area contributed by atoms with Gasteiger partial charge in [-0.2, -0.15) is 0 Å². The zero-order valence-electron chi connectivity index (χ0n) is 17.9. The molecule has 1 saturated carbocycles. The van der Waals surface area contributed by atoms with Crippen molar-refractivity contribution < 1.29 is 0 Å². The van der Waals surface area contributed by atoms with Crippen molar-refractivity contribution in [2.24, 2.45) is 0 Å². The Labute approximate surface area is 179 Å². The molecule has 0 radical (unpaired) electrons. The Bertz CT molecular complexity index is 1160. The van der Waals surface area contributed by atoms with Gasteiger partial charge in [-0.15, -0.1) is 0 Å².